The van der Waals surface area contributed by atoms with Gasteiger partial charge in [-0.15, -0.1) is 0 Å². The molecule has 2 N–H and O–H groups in total. The molecule has 0 radical (unpaired) electrons. The summed E-state index contributed by atoms with van der Waals surface area (Å²) in [6, 6.07) is 5.41. The van der Waals surface area contributed by atoms with Crippen LogP contribution in [-0.4, -0.2) is 30.3 Å². The predicted octanol–water partition coefficient (Wildman–Crippen LogP) is 2.85. The Morgan fingerprint density at radius 1 is 1.43 bits per heavy atom. The number of aromatic nitrogens is 1. The summed E-state index contributed by atoms with van der Waals surface area (Å²) in [5, 5.41) is 0.750. The second kappa shape index (κ2) is 7.28. The molecule has 1 heterocycles. The van der Waals surface area contributed by atoms with Crippen molar-refractivity contribution in [1.82, 2.24) is 4.57 Å². The number of esters is 1. The van der Waals surface area contributed by atoms with E-state index in [9.17, 15) is 9.18 Å². The summed E-state index contributed by atoms with van der Waals surface area (Å²) in [6.07, 6.45) is 0.454. The van der Waals surface area contributed by atoms with Gasteiger partial charge in [0, 0.05) is 35.8 Å². The first kappa shape index (κ1) is 17.0. The highest BCUT2D eigenvalue weighted by Gasteiger charge is 2.20. The van der Waals surface area contributed by atoms with Crippen LogP contribution in [0.5, 0.6) is 5.75 Å². The van der Waals surface area contributed by atoms with Gasteiger partial charge in [0.05, 0.1) is 18.5 Å². The van der Waals surface area contributed by atoms with E-state index in [-0.39, 0.29) is 19.1 Å². The minimum absolute atomic E-state index is 0.0685. The van der Waals surface area contributed by atoms with Crippen LogP contribution in [0.2, 0.25) is 0 Å². The number of aryl methyl sites for hydroxylation is 1. The summed E-state index contributed by atoms with van der Waals surface area (Å²) < 4.78 is 25.2. The van der Waals surface area contributed by atoms with Crippen molar-refractivity contribution in [1.29, 1.82) is 0 Å². The molecule has 0 unspecified atom stereocenters. The number of rotatable bonds is 6. The van der Waals surface area contributed by atoms with Gasteiger partial charge in [0.25, 0.3) is 0 Å². The third kappa shape index (κ3) is 3.37. The molecule has 2 rings (SSSR count). The van der Waals surface area contributed by atoms with Crippen LogP contribution in [0.4, 0.5) is 4.39 Å². The molecule has 1 aromatic carbocycles. The Bertz CT molecular complexity index is 750. The van der Waals surface area contributed by atoms with Crippen LogP contribution in [0.3, 0.4) is 0 Å². The van der Waals surface area contributed by atoms with Gasteiger partial charge in [-0.25, -0.2) is 9.18 Å². The van der Waals surface area contributed by atoms with E-state index in [1.807, 2.05) is 24.6 Å². The molecule has 0 aliphatic carbocycles. The molecule has 0 fully saturated rings. The second-order valence-electron chi connectivity index (χ2n) is 5.18. The van der Waals surface area contributed by atoms with E-state index in [1.165, 1.54) is 0 Å². The lowest BCUT2D eigenvalue weighted by Gasteiger charge is -2.08. The third-order valence-electron chi connectivity index (χ3n) is 3.78. The Morgan fingerprint density at radius 3 is 2.78 bits per heavy atom. The normalized spacial score (nSPS) is 11.8. The number of fused-ring (bicyclic) bond motifs is 1. The largest absolute Gasteiger partial charge is 0.489 e. The summed E-state index contributed by atoms with van der Waals surface area (Å²) in [4.78, 5) is 12.2. The lowest BCUT2D eigenvalue weighted by molar-refractivity contribution is 0.0527. The van der Waals surface area contributed by atoms with Gasteiger partial charge >= 0.3 is 5.97 Å². The summed E-state index contributed by atoms with van der Waals surface area (Å²) in [5.41, 5.74) is 8.01. The lowest BCUT2D eigenvalue weighted by atomic mass is 10.1. The summed E-state index contributed by atoms with van der Waals surface area (Å²) >= 11 is 0. The van der Waals surface area contributed by atoms with Crippen LogP contribution in [0.25, 0.3) is 10.9 Å². The van der Waals surface area contributed by atoms with E-state index in [4.69, 9.17) is 15.2 Å². The zero-order chi connectivity index (χ0) is 17.0. The summed E-state index contributed by atoms with van der Waals surface area (Å²) in [7, 11) is 1.89. The fourth-order valence-corrected chi connectivity index (χ4v) is 2.41. The zero-order valence-electron chi connectivity index (χ0n) is 13.6. The van der Waals surface area contributed by atoms with Crippen LogP contribution in [0.15, 0.2) is 30.1 Å². The molecule has 6 heteroatoms. The standard InChI is InChI=1S/C17H21FN2O3/c1-4-22-17(21)16-11(2)20(3)15-6-5-13(7-14(15)16)23-10-12(8-18)9-19/h5-8H,4,9-10,19H2,1-3H3/b12-8+. The Kier molecular flexibility index (Phi) is 5.39. The van der Waals surface area contributed by atoms with Crippen LogP contribution in [-0.2, 0) is 11.8 Å². The van der Waals surface area contributed by atoms with Crippen molar-refractivity contribution in [2.24, 2.45) is 12.8 Å². The Morgan fingerprint density at radius 2 is 2.17 bits per heavy atom. The van der Waals surface area contributed by atoms with Crippen LogP contribution < -0.4 is 10.5 Å². The summed E-state index contributed by atoms with van der Waals surface area (Å²) in [6.45, 7) is 4.11. The number of halogens is 1. The van der Waals surface area contributed by atoms with Gasteiger partial charge in [-0.2, -0.15) is 0 Å². The molecule has 0 aliphatic heterocycles. The first-order valence-electron chi connectivity index (χ1n) is 7.40. The fraction of sp³-hybridized carbons (Fsp3) is 0.353. The molecule has 0 bridgehead atoms. The quantitative estimate of drug-likeness (QED) is 0.831. The third-order valence-corrected chi connectivity index (χ3v) is 3.78. The molecule has 2 aromatic rings. The van der Waals surface area contributed by atoms with Gasteiger partial charge in [0.15, 0.2) is 0 Å². The maximum atomic E-state index is 12.5. The van der Waals surface area contributed by atoms with E-state index >= 15 is 0 Å². The predicted molar refractivity (Wildman–Crippen MR) is 87.4 cm³/mol. The number of hydrogen-bond acceptors (Lipinski definition) is 4. The molecule has 0 amide bonds. The first-order valence-corrected chi connectivity index (χ1v) is 7.40. The minimum atomic E-state index is -0.362. The van der Waals surface area contributed by atoms with Gasteiger partial charge in [0.2, 0.25) is 0 Å². The van der Waals surface area contributed by atoms with E-state index in [0.29, 0.717) is 29.8 Å². The molecule has 0 atom stereocenters. The number of hydrogen-bond donors (Lipinski definition) is 1. The molecule has 124 valence electrons. The molecule has 23 heavy (non-hydrogen) atoms. The smallest absolute Gasteiger partial charge is 0.340 e. The van der Waals surface area contributed by atoms with Gasteiger partial charge < -0.3 is 19.8 Å². The highest BCUT2D eigenvalue weighted by atomic mass is 19.1. The molecular weight excluding hydrogens is 299 g/mol. The van der Waals surface area contributed by atoms with Crippen molar-refractivity contribution in [3.8, 4) is 5.75 Å². The lowest BCUT2D eigenvalue weighted by Crippen LogP contribution is -2.10. The molecule has 0 saturated heterocycles. The van der Waals surface area contributed by atoms with Gasteiger partial charge in [0.1, 0.15) is 12.4 Å². The molecule has 1 aromatic heterocycles. The van der Waals surface area contributed by atoms with E-state index in [2.05, 4.69) is 0 Å². The van der Waals surface area contributed by atoms with E-state index in [1.54, 1.807) is 19.1 Å². The monoisotopic (exact) mass is 320 g/mol. The maximum absolute atomic E-state index is 12.5. The molecule has 0 saturated carbocycles. The van der Waals surface area contributed by atoms with Gasteiger partial charge in [-0.05, 0) is 32.0 Å². The van der Waals surface area contributed by atoms with Crippen molar-refractivity contribution >= 4 is 16.9 Å². The average molecular weight is 320 g/mol. The Labute approximate surface area is 134 Å². The molecule has 0 aliphatic rings. The number of carbonyl (C=O) groups is 1. The van der Waals surface area contributed by atoms with Crippen molar-refractivity contribution in [2.75, 3.05) is 19.8 Å². The average Bonchev–Trinajstić information content (AvgIpc) is 2.79. The molecule has 5 nitrogen and oxygen atoms in total. The van der Waals surface area contributed by atoms with Crippen molar-refractivity contribution < 1.29 is 18.7 Å². The van der Waals surface area contributed by atoms with Crippen LogP contribution in [0.1, 0.15) is 23.0 Å². The molecular formula is C17H21FN2O3. The van der Waals surface area contributed by atoms with Crippen LogP contribution >= 0.6 is 0 Å². The van der Waals surface area contributed by atoms with E-state index in [0.717, 1.165) is 16.6 Å². The number of nitrogens with two attached hydrogens (primary N) is 1. The second-order valence-corrected chi connectivity index (χ2v) is 5.18. The topological polar surface area (TPSA) is 66.5 Å². The van der Waals surface area contributed by atoms with Crippen LogP contribution in [0, 0.1) is 6.92 Å². The van der Waals surface area contributed by atoms with Crippen molar-refractivity contribution in [3.63, 3.8) is 0 Å². The maximum Gasteiger partial charge on any atom is 0.340 e. The Balaban J connectivity index is 2.41. The van der Waals surface area contributed by atoms with Gasteiger partial charge in [-0.3, -0.25) is 0 Å². The number of ether oxygens (including phenoxy) is 2. The zero-order valence-corrected chi connectivity index (χ0v) is 13.6. The minimum Gasteiger partial charge on any atom is -0.489 e. The SMILES string of the molecule is CCOC(=O)c1c(C)n(C)c2ccc(OC/C(=C/F)CN)cc12. The Hall–Kier alpha value is -2.34. The summed E-state index contributed by atoms with van der Waals surface area (Å²) in [5.74, 6) is 0.181. The number of carbonyl (C=O) groups excluding carboxylic acids is 1. The number of nitrogens with zero attached hydrogens (tertiary/aromatic N) is 1. The number of benzene rings is 1. The fourth-order valence-electron chi connectivity index (χ4n) is 2.41. The molecule has 0 spiro atoms. The van der Waals surface area contributed by atoms with Crippen molar-refractivity contribution in [2.45, 2.75) is 13.8 Å². The van der Waals surface area contributed by atoms with Gasteiger partial charge in [-0.1, -0.05) is 0 Å². The first-order chi connectivity index (χ1) is 11.0. The van der Waals surface area contributed by atoms with E-state index < -0.39 is 0 Å². The highest BCUT2D eigenvalue weighted by Crippen LogP contribution is 2.29. The highest BCUT2D eigenvalue weighted by molar-refractivity contribution is 6.06. The van der Waals surface area contributed by atoms with Crippen molar-refractivity contribution in [3.05, 3.63) is 41.4 Å².